The zero-order valence-corrected chi connectivity index (χ0v) is 11.0. The summed E-state index contributed by atoms with van der Waals surface area (Å²) in [6.45, 7) is 1.43. The summed E-state index contributed by atoms with van der Waals surface area (Å²) in [6.07, 6.45) is 1.64. The van der Waals surface area contributed by atoms with Gasteiger partial charge < -0.3 is 15.2 Å². The molecule has 98 valence electrons. The molecule has 0 saturated carbocycles. The summed E-state index contributed by atoms with van der Waals surface area (Å²) in [5.74, 6) is 0.620. The number of hydrogen-bond acceptors (Lipinski definition) is 4. The topological polar surface area (TPSA) is 75.6 Å². The number of nitrogens with one attached hydrogen (secondary N) is 1. The van der Waals surface area contributed by atoms with Crippen molar-refractivity contribution in [2.75, 3.05) is 25.2 Å². The van der Waals surface area contributed by atoms with E-state index in [9.17, 15) is 9.59 Å². The fourth-order valence-corrected chi connectivity index (χ4v) is 2.88. The quantitative estimate of drug-likeness (QED) is 0.763. The summed E-state index contributed by atoms with van der Waals surface area (Å²) in [7, 11) is 1.42. The van der Waals surface area contributed by atoms with Gasteiger partial charge in [0.05, 0.1) is 6.61 Å². The van der Waals surface area contributed by atoms with Crippen molar-refractivity contribution in [3.8, 4) is 0 Å². The van der Waals surface area contributed by atoms with Gasteiger partial charge in [0.25, 0.3) is 0 Å². The lowest BCUT2D eigenvalue weighted by molar-refractivity contribution is -0.150. The van der Waals surface area contributed by atoms with Crippen LogP contribution >= 0.6 is 11.8 Å². The predicted molar refractivity (Wildman–Crippen MR) is 66.1 cm³/mol. The number of carbonyl (C=O) groups is 2. The van der Waals surface area contributed by atoms with E-state index in [2.05, 4.69) is 5.32 Å². The molecule has 0 spiro atoms. The maximum atomic E-state index is 12.0. The van der Waals surface area contributed by atoms with Crippen LogP contribution in [0.2, 0.25) is 0 Å². The van der Waals surface area contributed by atoms with E-state index in [1.165, 1.54) is 14.0 Å². The number of hydrogen-bond donors (Lipinski definition) is 2. The molecule has 1 unspecified atom stereocenters. The Kier molecular flexibility index (Phi) is 5.27. The van der Waals surface area contributed by atoms with Crippen molar-refractivity contribution in [2.24, 2.45) is 5.92 Å². The van der Waals surface area contributed by atoms with E-state index in [0.717, 1.165) is 24.3 Å². The minimum Gasteiger partial charge on any atom is -0.479 e. The smallest absolute Gasteiger partial charge is 0.331 e. The predicted octanol–water partition coefficient (Wildman–Crippen LogP) is 0.735. The highest BCUT2D eigenvalue weighted by Crippen LogP contribution is 2.23. The lowest BCUT2D eigenvalue weighted by Gasteiger charge is -2.29. The molecule has 1 atom stereocenters. The Balaban J connectivity index is 2.60. The van der Waals surface area contributed by atoms with E-state index < -0.39 is 11.5 Å². The monoisotopic (exact) mass is 261 g/mol. The van der Waals surface area contributed by atoms with E-state index in [-0.39, 0.29) is 18.4 Å². The molecular formula is C11H19NO4S. The summed E-state index contributed by atoms with van der Waals surface area (Å²) in [5, 5.41) is 11.7. The molecule has 1 saturated heterocycles. The third-order valence-corrected chi connectivity index (χ3v) is 3.94. The van der Waals surface area contributed by atoms with Crippen molar-refractivity contribution < 1.29 is 19.4 Å². The Morgan fingerprint density at radius 3 is 2.53 bits per heavy atom. The Hall–Kier alpha value is -0.750. The van der Waals surface area contributed by atoms with Crippen LogP contribution < -0.4 is 5.32 Å². The lowest BCUT2D eigenvalue weighted by Crippen LogP contribution is -2.56. The molecule has 0 radical (unpaired) electrons. The van der Waals surface area contributed by atoms with Gasteiger partial charge in [-0.3, -0.25) is 4.79 Å². The van der Waals surface area contributed by atoms with Crippen molar-refractivity contribution in [1.82, 2.24) is 5.32 Å². The minimum atomic E-state index is -1.34. The molecule has 0 aromatic heterocycles. The zero-order chi connectivity index (χ0) is 12.9. The molecular weight excluding hydrogens is 242 g/mol. The molecule has 0 aromatic carbocycles. The first-order valence-electron chi connectivity index (χ1n) is 5.61. The number of carboxylic acid groups (broad SMARTS) is 1. The van der Waals surface area contributed by atoms with Gasteiger partial charge in [0.15, 0.2) is 5.54 Å². The molecule has 0 bridgehead atoms. The van der Waals surface area contributed by atoms with Gasteiger partial charge in [0.2, 0.25) is 5.91 Å². The molecule has 1 heterocycles. The molecule has 0 aliphatic carbocycles. The van der Waals surface area contributed by atoms with Crippen LogP contribution in [-0.4, -0.2) is 47.7 Å². The molecule has 17 heavy (non-hydrogen) atoms. The van der Waals surface area contributed by atoms with Gasteiger partial charge in [0.1, 0.15) is 0 Å². The number of amides is 1. The molecule has 1 aliphatic rings. The second kappa shape index (κ2) is 6.26. The van der Waals surface area contributed by atoms with Crippen LogP contribution in [0.3, 0.4) is 0 Å². The largest absolute Gasteiger partial charge is 0.479 e. The lowest BCUT2D eigenvalue weighted by atomic mass is 9.98. The van der Waals surface area contributed by atoms with Crippen LogP contribution in [0.1, 0.15) is 19.8 Å². The number of thioether (sulfide) groups is 1. The maximum absolute atomic E-state index is 12.0. The van der Waals surface area contributed by atoms with Crippen LogP contribution in [0.25, 0.3) is 0 Å². The molecule has 5 nitrogen and oxygen atoms in total. The molecule has 6 heteroatoms. The van der Waals surface area contributed by atoms with E-state index in [0.29, 0.717) is 0 Å². The van der Waals surface area contributed by atoms with Crippen molar-refractivity contribution >= 4 is 23.6 Å². The fraction of sp³-hybridized carbons (Fsp3) is 0.818. The second-order valence-corrected chi connectivity index (χ2v) is 5.67. The Bertz CT molecular complexity index is 291. The molecule has 1 fully saturated rings. The second-order valence-electron chi connectivity index (χ2n) is 4.45. The number of aliphatic carboxylic acids is 1. The average Bonchev–Trinajstić information content (AvgIpc) is 2.30. The van der Waals surface area contributed by atoms with E-state index in [1.807, 2.05) is 11.8 Å². The van der Waals surface area contributed by atoms with Crippen molar-refractivity contribution in [3.63, 3.8) is 0 Å². The molecule has 1 rings (SSSR count). The van der Waals surface area contributed by atoms with Gasteiger partial charge in [-0.2, -0.15) is 11.8 Å². The Labute approximate surface area is 105 Å². The first-order chi connectivity index (χ1) is 7.99. The third-order valence-electron chi connectivity index (χ3n) is 2.90. The Morgan fingerprint density at radius 2 is 2.06 bits per heavy atom. The summed E-state index contributed by atoms with van der Waals surface area (Å²) in [6, 6.07) is 0. The highest BCUT2D eigenvalue weighted by atomic mass is 32.2. The SMILES string of the molecule is COCC(C)(NC(=O)C1CCSCC1)C(=O)O. The van der Waals surface area contributed by atoms with Crippen LogP contribution in [0.4, 0.5) is 0 Å². The third kappa shape index (κ3) is 3.89. The van der Waals surface area contributed by atoms with E-state index >= 15 is 0 Å². The number of ether oxygens (including phenoxy) is 1. The minimum absolute atomic E-state index is 0.0322. The summed E-state index contributed by atoms with van der Waals surface area (Å²) < 4.78 is 4.86. The maximum Gasteiger partial charge on any atom is 0.331 e. The molecule has 0 aromatic rings. The highest BCUT2D eigenvalue weighted by molar-refractivity contribution is 7.99. The first kappa shape index (κ1) is 14.3. The van der Waals surface area contributed by atoms with Gasteiger partial charge >= 0.3 is 5.97 Å². The number of carboxylic acids is 1. The molecule has 2 N–H and O–H groups in total. The average molecular weight is 261 g/mol. The van der Waals surface area contributed by atoms with E-state index in [1.54, 1.807) is 0 Å². The summed E-state index contributed by atoms with van der Waals surface area (Å²) >= 11 is 1.83. The van der Waals surface area contributed by atoms with Crippen molar-refractivity contribution in [3.05, 3.63) is 0 Å². The van der Waals surface area contributed by atoms with Crippen LogP contribution in [0.5, 0.6) is 0 Å². The highest BCUT2D eigenvalue weighted by Gasteiger charge is 2.37. The van der Waals surface area contributed by atoms with Crippen molar-refractivity contribution in [2.45, 2.75) is 25.3 Å². The fourth-order valence-electron chi connectivity index (χ4n) is 1.77. The van der Waals surface area contributed by atoms with Crippen molar-refractivity contribution in [1.29, 1.82) is 0 Å². The summed E-state index contributed by atoms with van der Waals surface area (Å²) in [4.78, 5) is 23.1. The number of methoxy groups -OCH3 is 1. The van der Waals surface area contributed by atoms with Gasteiger partial charge in [-0.25, -0.2) is 4.79 Å². The first-order valence-corrected chi connectivity index (χ1v) is 6.77. The Morgan fingerprint density at radius 1 is 1.47 bits per heavy atom. The van der Waals surface area contributed by atoms with Crippen LogP contribution in [0.15, 0.2) is 0 Å². The number of carbonyl (C=O) groups excluding carboxylic acids is 1. The van der Waals surface area contributed by atoms with Gasteiger partial charge in [0, 0.05) is 13.0 Å². The van der Waals surface area contributed by atoms with Gasteiger partial charge in [-0.1, -0.05) is 0 Å². The van der Waals surface area contributed by atoms with Gasteiger partial charge in [-0.05, 0) is 31.3 Å². The van der Waals surface area contributed by atoms with Crippen LogP contribution in [-0.2, 0) is 14.3 Å². The van der Waals surface area contributed by atoms with E-state index in [4.69, 9.17) is 9.84 Å². The summed E-state index contributed by atoms with van der Waals surface area (Å²) in [5.41, 5.74) is -1.34. The molecule has 1 amide bonds. The number of rotatable bonds is 5. The standard InChI is InChI=1S/C11H19NO4S/c1-11(7-16-2,10(14)15)12-9(13)8-3-5-17-6-4-8/h8H,3-7H2,1-2H3,(H,12,13)(H,14,15). The zero-order valence-electron chi connectivity index (χ0n) is 10.2. The van der Waals surface area contributed by atoms with Crippen LogP contribution in [0, 0.1) is 5.92 Å². The van der Waals surface area contributed by atoms with Gasteiger partial charge in [-0.15, -0.1) is 0 Å². The normalized spacial score (nSPS) is 20.6. The molecule has 1 aliphatic heterocycles.